The molecule has 18 heavy (non-hydrogen) atoms. The van der Waals surface area contributed by atoms with Crippen LogP contribution < -0.4 is 10.2 Å². The van der Waals surface area contributed by atoms with Crippen LogP contribution in [-0.2, 0) is 0 Å². The molecule has 2 nitrogen and oxygen atoms in total. The highest BCUT2D eigenvalue weighted by Gasteiger charge is 2.44. The molecule has 1 unspecified atom stereocenters. The minimum Gasteiger partial charge on any atom is -0.367 e. The maximum atomic E-state index is 6.19. The molecule has 1 N–H and O–H groups in total. The Labute approximate surface area is 122 Å². The zero-order valence-corrected chi connectivity index (χ0v) is 12.9. The molecule has 4 heteroatoms. The molecule has 1 aromatic rings. The van der Waals surface area contributed by atoms with E-state index in [1.165, 1.54) is 18.5 Å². The SMILES string of the molecule is CC1(C2CC2)CN(c2cccc(Cl)c2Br)CCN1. The topological polar surface area (TPSA) is 15.3 Å². The molecule has 2 fully saturated rings. The predicted molar refractivity (Wildman–Crippen MR) is 80.5 cm³/mol. The molecule has 1 aromatic carbocycles. The number of hydrogen-bond donors (Lipinski definition) is 1. The Morgan fingerprint density at radius 3 is 2.94 bits per heavy atom. The van der Waals surface area contributed by atoms with Gasteiger partial charge in [0.15, 0.2) is 0 Å². The smallest absolute Gasteiger partial charge is 0.0595 e. The van der Waals surface area contributed by atoms with Gasteiger partial charge in [-0.2, -0.15) is 0 Å². The lowest BCUT2D eigenvalue weighted by molar-refractivity contribution is 0.285. The van der Waals surface area contributed by atoms with Crippen LogP contribution in [0, 0.1) is 5.92 Å². The number of nitrogens with one attached hydrogen (secondary N) is 1. The van der Waals surface area contributed by atoms with Gasteiger partial charge < -0.3 is 10.2 Å². The van der Waals surface area contributed by atoms with Crippen molar-refractivity contribution in [1.29, 1.82) is 0 Å². The van der Waals surface area contributed by atoms with Crippen molar-refractivity contribution in [2.45, 2.75) is 25.3 Å². The summed E-state index contributed by atoms with van der Waals surface area (Å²) in [6, 6.07) is 6.10. The molecule has 0 radical (unpaired) electrons. The minimum atomic E-state index is 0.264. The van der Waals surface area contributed by atoms with Crippen LogP contribution in [0.3, 0.4) is 0 Å². The zero-order valence-electron chi connectivity index (χ0n) is 10.5. The van der Waals surface area contributed by atoms with E-state index in [0.29, 0.717) is 0 Å². The first-order chi connectivity index (χ1) is 8.60. The molecule has 0 bridgehead atoms. The summed E-state index contributed by atoms with van der Waals surface area (Å²) in [6.45, 7) is 5.51. The van der Waals surface area contributed by atoms with Crippen molar-refractivity contribution in [3.8, 4) is 0 Å². The van der Waals surface area contributed by atoms with Crippen molar-refractivity contribution < 1.29 is 0 Å². The number of hydrogen-bond acceptors (Lipinski definition) is 2. The van der Waals surface area contributed by atoms with Crippen molar-refractivity contribution >= 4 is 33.2 Å². The first kappa shape index (κ1) is 12.8. The van der Waals surface area contributed by atoms with Crippen LogP contribution in [0.4, 0.5) is 5.69 Å². The molecule has 1 saturated carbocycles. The standard InChI is InChI=1S/C14H18BrClN2/c1-14(10-5-6-10)9-18(8-7-17-14)12-4-2-3-11(16)13(12)15/h2-4,10,17H,5-9H2,1H3. The van der Waals surface area contributed by atoms with Gasteiger partial charge in [-0.1, -0.05) is 17.7 Å². The summed E-state index contributed by atoms with van der Waals surface area (Å²) in [5.74, 6) is 0.846. The summed E-state index contributed by atoms with van der Waals surface area (Å²) in [5.41, 5.74) is 1.48. The van der Waals surface area contributed by atoms with Crippen molar-refractivity contribution in [1.82, 2.24) is 5.32 Å². The molecule has 3 rings (SSSR count). The van der Waals surface area contributed by atoms with Gasteiger partial charge in [-0.3, -0.25) is 0 Å². The summed E-state index contributed by atoms with van der Waals surface area (Å²) < 4.78 is 1.02. The van der Waals surface area contributed by atoms with Gasteiger partial charge >= 0.3 is 0 Å². The Hall–Kier alpha value is -0.250. The van der Waals surface area contributed by atoms with Gasteiger partial charge in [0.2, 0.25) is 0 Å². The molecule has 0 amide bonds. The van der Waals surface area contributed by atoms with E-state index in [2.05, 4.69) is 39.1 Å². The minimum absolute atomic E-state index is 0.264. The van der Waals surface area contributed by atoms with Gasteiger partial charge in [0.25, 0.3) is 0 Å². The quantitative estimate of drug-likeness (QED) is 0.890. The fourth-order valence-corrected chi connectivity index (χ4v) is 3.63. The first-order valence-electron chi connectivity index (χ1n) is 6.54. The normalized spacial score (nSPS) is 28.5. The van der Waals surface area contributed by atoms with Crippen LogP contribution in [0.5, 0.6) is 0 Å². The van der Waals surface area contributed by atoms with Crippen LogP contribution in [0.2, 0.25) is 5.02 Å². The summed E-state index contributed by atoms with van der Waals surface area (Å²) in [7, 11) is 0. The van der Waals surface area contributed by atoms with Gasteiger partial charge in [-0.25, -0.2) is 0 Å². The molecule has 2 aliphatic rings. The maximum Gasteiger partial charge on any atom is 0.0595 e. The Morgan fingerprint density at radius 2 is 2.22 bits per heavy atom. The third-order valence-corrected chi connectivity index (χ3v) is 5.56. The van der Waals surface area contributed by atoms with Crippen molar-refractivity contribution in [2.75, 3.05) is 24.5 Å². The zero-order chi connectivity index (χ0) is 12.8. The average Bonchev–Trinajstić information content (AvgIpc) is 3.17. The second kappa shape index (κ2) is 4.69. The molecule has 1 atom stereocenters. The Balaban J connectivity index is 1.85. The molecule has 1 aliphatic carbocycles. The van der Waals surface area contributed by atoms with E-state index in [1.807, 2.05) is 12.1 Å². The number of nitrogens with zero attached hydrogens (tertiary/aromatic N) is 1. The second-order valence-electron chi connectivity index (χ2n) is 5.61. The van der Waals surface area contributed by atoms with E-state index >= 15 is 0 Å². The number of halogens is 2. The van der Waals surface area contributed by atoms with Gasteiger partial charge in [0.05, 0.1) is 15.2 Å². The van der Waals surface area contributed by atoms with Crippen molar-refractivity contribution in [3.05, 3.63) is 27.7 Å². The monoisotopic (exact) mass is 328 g/mol. The lowest BCUT2D eigenvalue weighted by Crippen LogP contribution is -2.60. The summed E-state index contributed by atoms with van der Waals surface area (Å²) in [5, 5.41) is 4.49. The van der Waals surface area contributed by atoms with Crippen LogP contribution in [0.25, 0.3) is 0 Å². The van der Waals surface area contributed by atoms with Crippen LogP contribution in [0.15, 0.2) is 22.7 Å². The summed E-state index contributed by atoms with van der Waals surface area (Å²) in [6.07, 6.45) is 2.74. The summed E-state index contributed by atoms with van der Waals surface area (Å²) in [4.78, 5) is 2.45. The molecule has 1 aliphatic heterocycles. The van der Waals surface area contributed by atoms with Crippen molar-refractivity contribution in [3.63, 3.8) is 0 Å². The molecule has 1 saturated heterocycles. The third-order valence-electron chi connectivity index (χ3n) is 4.18. The number of anilines is 1. The molecular weight excluding hydrogens is 312 g/mol. The average molecular weight is 330 g/mol. The molecule has 0 spiro atoms. The highest BCUT2D eigenvalue weighted by Crippen LogP contribution is 2.42. The highest BCUT2D eigenvalue weighted by molar-refractivity contribution is 9.10. The van der Waals surface area contributed by atoms with E-state index in [-0.39, 0.29) is 5.54 Å². The molecular formula is C14H18BrClN2. The Bertz CT molecular complexity index is 461. The molecule has 98 valence electrons. The van der Waals surface area contributed by atoms with E-state index in [0.717, 1.165) is 35.0 Å². The van der Waals surface area contributed by atoms with E-state index in [9.17, 15) is 0 Å². The van der Waals surface area contributed by atoms with E-state index in [1.54, 1.807) is 0 Å². The Morgan fingerprint density at radius 1 is 1.44 bits per heavy atom. The Kier molecular flexibility index (Phi) is 3.33. The van der Waals surface area contributed by atoms with Gasteiger partial charge in [0, 0.05) is 25.2 Å². The fourth-order valence-electron chi connectivity index (χ4n) is 2.94. The predicted octanol–water partition coefficient (Wildman–Crippen LogP) is 3.68. The first-order valence-corrected chi connectivity index (χ1v) is 7.71. The molecule has 0 aromatic heterocycles. The number of benzene rings is 1. The maximum absolute atomic E-state index is 6.19. The largest absolute Gasteiger partial charge is 0.367 e. The van der Waals surface area contributed by atoms with Crippen LogP contribution in [-0.4, -0.2) is 25.2 Å². The van der Waals surface area contributed by atoms with E-state index < -0.39 is 0 Å². The fraction of sp³-hybridized carbons (Fsp3) is 0.571. The highest BCUT2D eigenvalue weighted by atomic mass is 79.9. The van der Waals surface area contributed by atoms with Gasteiger partial charge in [-0.05, 0) is 53.7 Å². The summed E-state index contributed by atoms with van der Waals surface area (Å²) >= 11 is 9.80. The van der Waals surface area contributed by atoms with Gasteiger partial charge in [0.1, 0.15) is 0 Å². The van der Waals surface area contributed by atoms with Gasteiger partial charge in [-0.15, -0.1) is 0 Å². The number of piperazine rings is 1. The van der Waals surface area contributed by atoms with Crippen LogP contribution >= 0.6 is 27.5 Å². The molecule has 1 heterocycles. The lowest BCUT2D eigenvalue weighted by Gasteiger charge is -2.43. The lowest BCUT2D eigenvalue weighted by atomic mass is 9.92. The number of rotatable bonds is 2. The second-order valence-corrected chi connectivity index (χ2v) is 6.81. The van der Waals surface area contributed by atoms with Crippen molar-refractivity contribution in [2.24, 2.45) is 5.92 Å². The van der Waals surface area contributed by atoms with E-state index in [4.69, 9.17) is 11.6 Å². The van der Waals surface area contributed by atoms with Crippen LogP contribution in [0.1, 0.15) is 19.8 Å². The third kappa shape index (κ3) is 2.28.